The summed E-state index contributed by atoms with van der Waals surface area (Å²) in [5, 5.41) is 7.54. The standard InChI is InChI=1S/C48H31N3/c1-3-13-34(14-4-1)49-43-20-10-7-17-37(43)40-29-33(25-28-46(40)49)32-23-26-36(27-24-32)51-45-22-12-9-19-39(45)42-30-47-41(31-48(42)51)38-18-8-11-21-44(38)50(47)35-15-5-2-6-16-35/h1-31H. The van der Waals surface area contributed by atoms with Gasteiger partial charge in [0.2, 0.25) is 0 Å². The van der Waals surface area contributed by atoms with Crippen LogP contribution in [0.4, 0.5) is 0 Å². The summed E-state index contributed by atoms with van der Waals surface area (Å²) >= 11 is 0. The van der Waals surface area contributed by atoms with Crippen LogP contribution in [0.1, 0.15) is 0 Å². The first-order valence-electron chi connectivity index (χ1n) is 17.5. The van der Waals surface area contributed by atoms with Crippen LogP contribution in [0.25, 0.3) is 93.6 Å². The van der Waals surface area contributed by atoms with E-state index in [2.05, 4.69) is 202 Å². The molecule has 0 radical (unpaired) electrons. The molecule has 0 unspecified atom stereocenters. The van der Waals surface area contributed by atoms with E-state index in [0.29, 0.717) is 0 Å². The molecule has 0 saturated heterocycles. The summed E-state index contributed by atoms with van der Waals surface area (Å²) < 4.78 is 7.20. The lowest BCUT2D eigenvalue weighted by molar-refractivity contribution is 1.17. The van der Waals surface area contributed by atoms with Gasteiger partial charge in [-0.3, -0.25) is 0 Å². The van der Waals surface area contributed by atoms with E-state index in [0.717, 1.165) is 5.69 Å². The molecule has 0 aliphatic carbocycles. The minimum Gasteiger partial charge on any atom is -0.309 e. The second-order valence-corrected chi connectivity index (χ2v) is 13.4. The van der Waals surface area contributed by atoms with Crippen LogP contribution in [0.2, 0.25) is 0 Å². The topological polar surface area (TPSA) is 14.8 Å². The molecule has 3 aromatic heterocycles. The van der Waals surface area contributed by atoms with Gasteiger partial charge in [0.25, 0.3) is 0 Å². The maximum Gasteiger partial charge on any atom is 0.0548 e. The molecule has 0 atom stereocenters. The van der Waals surface area contributed by atoms with Gasteiger partial charge in [-0.1, -0.05) is 109 Å². The Balaban J connectivity index is 1.08. The lowest BCUT2D eigenvalue weighted by atomic mass is 10.0. The van der Waals surface area contributed by atoms with E-state index < -0.39 is 0 Å². The first-order chi connectivity index (χ1) is 25.3. The number of fused-ring (bicyclic) bond motifs is 9. The highest BCUT2D eigenvalue weighted by molar-refractivity contribution is 6.19. The fourth-order valence-electron chi connectivity index (χ4n) is 8.37. The van der Waals surface area contributed by atoms with Crippen molar-refractivity contribution in [3.05, 3.63) is 188 Å². The van der Waals surface area contributed by atoms with Gasteiger partial charge >= 0.3 is 0 Å². The van der Waals surface area contributed by atoms with Gasteiger partial charge in [0.1, 0.15) is 0 Å². The molecule has 0 amide bonds. The van der Waals surface area contributed by atoms with Crippen LogP contribution in [0.5, 0.6) is 0 Å². The van der Waals surface area contributed by atoms with Crippen molar-refractivity contribution < 1.29 is 0 Å². The van der Waals surface area contributed by atoms with Crippen molar-refractivity contribution in [2.24, 2.45) is 0 Å². The number of benzene rings is 8. The molecule has 0 bridgehead atoms. The van der Waals surface area contributed by atoms with Gasteiger partial charge < -0.3 is 13.7 Å². The average Bonchev–Trinajstić information content (AvgIpc) is 3.83. The number of hydrogen-bond acceptors (Lipinski definition) is 0. The third-order valence-corrected chi connectivity index (χ3v) is 10.6. The zero-order chi connectivity index (χ0) is 33.5. The summed E-state index contributed by atoms with van der Waals surface area (Å²) in [5.41, 5.74) is 13.2. The number of rotatable bonds is 4. The lowest BCUT2D eigenvalue weighted by Crippen LogP contribution is -1.95. The van der Waals surface area contributed by atoms with E-state index in [1.54, 1.807) is 0 Å². The van der Waals surface area contributed by atoms with Gasteiger partial charge in [-0.2, -0.15) is 0 Å². The van der Waals surface area contributed by atoms with E-state index in [4.69, 9.17) is 0 Å². The largest absolute Gasteiger partial charge is 0.309 e. The summed E-state index contributed by atoms with van der Waals surface area (Å²) in [6, 6.07) is 68.4. The molecule has 0 aliphatic rings. The smallest absolute Gasteiger partial charge is 0.0548 e. The summed E-state index contributed by atoms with van der Waals surface area (Å²) in [6.45, 7) is 0. The molecular formula is C48H31N3. The predicted octanol–water partition coefficient (Wildman–Crippen LogP) is 12.6. The lowest BCUT2D eigenvalue weighted by Gasteiger charge is -2.11. The highest BCUT2D eigenvalue weighted by atomic mass is 15.0. The Kier molecular flexibility index (Phi) is 5.96. The Bertz CT molecular complexity index is 3110. The highest BCUT2D eigenvalue weighted by Crippen LogP contribution is 2.40. The van der Waals surface area contributed by atoms with Crippen molar-refractivity contribution in [3.63, 3.8) is 0 Å². The fraction of sp³-hybridized carbons (Fsp3) is 0. The molecular weight excluding hydrogens is 619 g/mol. The molecule has 51 heavy (non-hydrogen) atoms. The van der Waals surface area contributed by atoms with Gasteiger partial charge in [-0.25, -0.2) is 0 Å². The van der Waals surface area contributed by atoms with Crippen molar-refractivity contribution in [2.75, 3.05) is 0 Å². The number of para-hydroxylation sites is 5. The van der Waals surface area contributed by atoms with Crippen LogP contribution < -0.4 is 0 Å². The third-order valence-electron chi connectivity index (χ3n) is 10.6. The monoisotopic (exact) mass is 649 g/mol. The SMILES string of the molecule is c1ccc(-n2c3ccccc3c3cc(-c4ccc(-n5c6ccccc6c6cc7c(cc65)c5ccccc5n7-c5ccccc5)cc4)ccc32)cc1. The van der Waals surface area contributed by atoms with Crippen LogP contribution in [0.15, 0.2) is 188 Å². The van der Waals surface area contributed by atoms with Gasteiger partial charge in [-0.15, -0.1) is 0 Å². The van der Waals surface area contributed by atoms with Crippen LogP contribution in [-0.4, -0.2) is 13.7 Å². The summed E-state index contributed by atoms with van der Waals surface area (Å²) in [7, 11) is 0. The quantitative estimate of drug-likeness (QED) is 0.180. The molecule has 3 heterocycles. The van der Waals surface area contributed by atoms with Gasteiger partial charge in [0.05, 0.1) is 33.1 Å². The summed E-state index contributed by atoms with van der Waals surface area (Å²) in [6.07, 6.45) is 0. The van der Waals surface area contributed by atoms with E-state index >= 15 is 0 Å². The molecule has 238 valence electrons. The Morgan fingerprint density at radius 1 is 0.216 bits per heavy atom. The normalized spacial score (nSPS) is 11.9. The molecule has 8 aromatic carbocycles. The molecule has 0 saturated carbocycles. The van der Waals surface area contributed by atoms with Gasteiger partial charge in [0.15, 0.2) is 0 Å². The molecule has 0 aliphatic heterocycles. The number of aromatic nitrogens is 3. The molecule has 0 fully saturated rings. The third kappa shape index (κ3) is 4.12. The Morgan fingerprint density at radius 3 is 1.06 bits per heavy atom. The summed E-state index contributed by atoms with van der Waals surface area (Å²) in [5.74, 6) is 0. The molecule has 0 N–H and O–H groups in total. The van der Waals surface area contributed by atoms with E-state index in [9.17, 15) is 0 Å². The van der Waals surface area contributed by atoms with E-state index in [-0.39, 0.29) is 0 Å². The second kappa shape index (κ2) is 10.8. The number of hydrogen-bond donors (Lipinski definition) is 0. The average molecular weight is 650 g/mol. The van der Waals surface area contributed by atoms with Crippen molar-refractivity contribution in [1.82, 2.24) is 13.7 Å². The molecule has 11 aromatic rings. The van der Waals surface area contributed by atoms with Crippen molar-refractivity contribution in [3.8, 4) is 28.2 Å². The van der Waals surface area contributed by atoms with Crippen molar-refractivity contribution in [1.29, 1.82) is 0 Å². The Hall–Kier alpha value is -6.84. The Labute approximate surface area is 294 Å². The Morgan fingerprint density at radius 2 is 0.569 bits per heavy atom. The maximum atomic E-state index is 2.43. The van der Waals surface area contributed by atoms with Crippen molar-refractivity contribution >= 4 is 65.4 Å². The first-order valence-corrected chi connectivity index (χ1v) is 17.5. The molecule has 3 nitrogen and oxygen atoms in total. The van der Waals surface area contributed by atoms with Crippen molar-refractivity contribution in [2.45, 2.75) is 0 Å². The van der Waals surface area contributed by atoms with Gasteiger partial charge in [0, 0.05) is 49.4 Å². The van der Waals surface area contributed by atoms with E-state index in [1.165, 1.54) is 87.9 Å². The second-order valence-electron chi connectivity index (χ2n) is 13.4. The minimum atomic E-state index is 1.15. The van der Waals surface area contributed by atoms with Crippen LogP contribution in [-0.2, 0) is 0 Å². The molecule has 0 spiro atoms. The highest BCUT2D eigenvalue weighted by Gasteiger charge is 2.19. The molecule has 11 rings (SSSR count). The fourth-order valence-corrected chi connectivity index (χ4v) is 8.37. The molecule has 3 heteroatoms. The zero-order valence-corrected chi connectivity index (χ0v) is 27.7. The van der Waals surface area contributed by atoms with Crippen LogP contribution in [0.3, 0.4) is 0 Å². The first kappa shape index (κ1) is 28.0. The minimum absolute atomic E-state index is 1.15. The van der Waals surface area contributed by atoms with Crippen LogP contribution in [0, 0.1) is 0 Å². The van der Waals surface area contributed by atoms with Crippen LogP contribution >= 0.6 is 0 Å². The number of nitrogens with zero attached hydrogens (tertiary/aromatic N) is 3. The summed E-state index contributed by atoms with van der Waals surface area (Å²) in [4.78, 5) is 0. The maximum absolute atomic E-state index is 2.43. The zero-order valence-electron chi connectivity index (χ0n) is 27.7. The predicted molar refractivity (Wildman–Crippen MR) is 215 cm³/mol. The van der Waals surface area contributed by atoms with Gasteiger partial charge in [-0.05, 0) is 90.0 Å². The van der Waals surface area contributed by atoms with E-state index in [1.807, 2.05) is 0 Å².